The summed E-state index contributed by atoms with van der Waals surface area (Å²) >= 11 is 0. The summed E-state index contributed by atoms with van der Waals surface area (Å²) in [5, 5.41) is 9.53. The first-order valence-electron chi connectivity index (χ1n) is 7.68. The Balaban J connectivity index is 2.12. The normalized spacial score (nSPS) is 20.0. The number of ether oxygens (including phenoxy) is 1. The van der Waals surface area contributed by atoms with Gasteiger partial charge in [0.1, 0.15) is 5.75 Å². The van der Waals surface area contributed by atoms with Crippen molar-refractivity contribution in [2.24, 2.45) is 0 Å². The predicted octanol–water partition coefficient (Wildman–Crippen LogP) is 2.42. The third-order valence-corrected chi connectivity index (χ3v) is 4.21. The number of carbonyl (C=O) groups is 1. The van der Waals surface area contributed by atoms with Gasteiger partial charge >= 0.3 is 0 Å². The lowest BCUT2D eigenvalue weighted by atomic mass is 10.1. The van der Waals surface area contributed by atoms with Crippen molar-refractivity contribution in [3.63, 3.8) is 0 Å². The number of carbonyl (C=O) groups excluding carboxylic acids is 1. The summed E-state index contributed by atoms with van der Waals surface area (Å²) in [6, 6.07) is 5.76. The van der Waals surface area contributed by atoms with Crippen molar-refractivity contribution in [3.8, 4) is 5.75 Å². The maximum atomic E-state index is 12.6. The first-order valence-corrected chi connectivity index (χ1v) is 7.68. The van der Waals surface area contributed by atoms with Crippen molar-refractivity contribution in [1.29, 1.82) is 0 Å². The number of aliphatic hydroxyl groups excluding tert-OH is 1. The highest BCUT2D eigenvalue weighted by Crippen LogP contribution is 2.22. The molecule has 0 spiro atoms. The van der Waals surface area contributed by atoms with E-state index in [0.29, 0.717) is 17.9 Å². The number of aryl methyl sites for hydroxylation is 1. The maximum absolute atomic E-state index is 12.6. The lowest BCUT2D eigenvalue weighted by Crippen LogP contribution is -2.41. The van der Waals surface area contributed by atoms with Crippen LogP contribution in [-0.4, -0.2) is 48.6 Å². The van der Waals surface area contributed by atoms with Gasteiger partial charge in [-0.15, -0.1) is 0 Å². The minimum absolute atomic E-state index is 0.0622. The molecule has 4 heteroatoms. The van der Waals surface area contributed by atoms with Crippen LogP contribution < -0.4 is 4.74 Å². The molecule has 0 aliphatic carbocycles. The van der Waals surface area contributed by atoms with Crippen LogP contribution in [-0.2, 0) is 0 Å². The SMILES string of the molecule is COc1cc(C)ccc1C(=O)CN1CCCCCC1CO. The van der Waals surface area contributed by atoms with Crippen LogP contribution in [0.2, 0.25) is 0 Å². The number of ketones is 1. The molecular formula is C17H25NO3. The quantitative estimate of drug-likeness (QED) is 0.847. The molecule has 0 saturated carbocycles. The Morgan fingerprint density at radius 3 is 2.90 bits per heavy atom. The summed E-state index contributed by atoms with van der Waals surface area (Å²) in [5.74, 6) is 0.697. The van der Waals surface area contributed by atoms with E-state index in [9.17, 15) is 9.90 Å². The molecule has 1 aromatic carbocycles. The van der Waals surface area contributed by atoms with Gasteiger partial charge in [0.25, 0.3) is 0 Å². The van der Waals surface area contributed by atoms with E-state index in [1.165, 1.54) is 6.42 Å². The minimum Gasteiger partial charge on any atom is -0.496 e. The highest BCUT2D eigenvalue weighted by atomic mass is 16.5. The Labute approximate surface area is 126 Å². The van der Waals surface area contributed by atoms with Gasteiger partial charge in [-0.25, -0.2) is 0 Å². The molecule has 1 saturated heterocycles. The second-order valence-electron chi connectivity index (χ2n) is 5.78. The van der Waals surface area contributed by atoms with E-state index in [2.05, 4.69) is 4.90 Å². The van der Waals surface area contributed by atoms with Gasteiger partial charge in [0.2, 0.25) is 0 Å². The van der Waals surface area contributed by atoms with Gasteiger partial charge in [0.15, 0.2) is 5.78 Å². The zero-order valence-electron chi connectivity index (χ0n) is 13.0. The predicted molar refractivity (Wildman–Crippen MR) is 83.0 cm³/mol. The molecule has 0 amide bonds. The number of Topliss-reactive ketones (excluding diaryl/α,β-unsaturated/α-hetero) is 1. The van der Waals surface area contributed by atoms with Crippen LogP contribution in [0, 0.1) is 6.92 Å². The Morgan fingerprint density at radius 1 is 1.38 bits per heavy atom. The number of hydrogen-bond donors (Lipinski definition) is 1. The fourth-order valence-corrected chi connectivity index (χ4v) is 2.95. The van der Waals surface area contributed by atoms with Crippen molar-refractivity contribution < 1.29 is 14.6 Å². The van der Waals surface area contributed by atoms with Gasteiger partial charge in [-0.05, 0) is 44.0 Å². The molecule has 21 heavy (non-hydrogen) atoms. The first-order chi connectivity index (χ1) is 10.2. The van der Waals surface area contributed by atoms with Crippen LogP contribution in [0.15, 0.2) is 18.2 Å². The number of nitrogens with zero attached hydrogens (tertiary/aromatic N) is 1. The van der Waals surface area contributed by atoms with Crippen LogP contribution in [0.4, 0.5) is 0 Å². The summed E-state index contributed by atoms with van der Waals surface area (Å²) in [6.07, 6.45) is 4.36. The van der Waals surface area contributed by atoms with Gasteiger partial charge in [0.05, 0.1) is 25.8 Å². The minimum atomic E-state index is 0.0622. The fraction of sp³-hybridized carbons (Fsp3) is 0.588. The zero-order chi connectivity index (χ0) is 15.2. The van der Waals surface area contributed by atoms with Crippen LogP contribution >= 0.6 is 0 Å². The summed E-state index contributed by atoms with van der Waals surface area (Å²) in [4.78, 5) is 14.7. The summed E-state index contributed by atoms with van der Waals surface area (Å²) in [6.45, 7) is 3.33. The summed E-state index contributed by atoms with van der Waals surface area (Å²) in [7, 11) is 1.59. The maximum Gasteiger partial charge on any atom is 0.180 e. The molecule has 0 bridgehead atoms. The molecule has 1 unspecified atom stereocenters. The number of aliphatic hydroxyl groups is 1. The van der Waals surface area contributed by atoms with Crippen molar-refractivity contribution >= 4 is 5.78 Å². The van der Waals surface area contributed by atoms with Gasteiger partial charge < -0.3 is 9.84 Å². The number of methoxy groups -OCH3 is 1. The Morgan fingerprint density at radius 2 is 2.19 bits per heavy atom. The summed E-state index contributed by atoms with van der Waals surface area (Å²) in [5.41, 5.74) is 1.70. The van der Waals surface area contributed by atoms with Crippen LogP contribution in [0.25, 0.3) is 0 Å². The summed E-state index contributed by atoms with van der Waals surface area (Å²) < 4.78 is 5.33. The molecule has 1 atom stereocenters. The van der Waals surface area contributed by atoms with Gasteiger partial charge in [0, 0.05) is 6.04 Å². The molecule has 4 nitrogen and oxygen atoms in total. The lowest BCUT2D eigenvalue weighted by Gasteiger charge is -2.27. The molecular weight excluding hydrogens is 266 g/mol. The van der Waals surface area contributed by atoms with E-state index < -0.39 is 0 Å². The van der Waals surface area contributed by atoms with Crippen LogP contribution in [0.1, 0.15) is 41.6 Å². The van der Waals surface area contributed by atoms with E-state index in [1.54, 1.807) is 7.11 Å². The van der Waals surface area contributed by atoms with E-state index in [0.717, 1.165) is 31.4 Å². The van der Waals surface area contributed by atoms with Crippen molar-refractivity contribution in [1.82, 2.24) is 4.90 Å². The molecule has 1 fully saturated rings. The standard InChI is InChI=1S/C17H25NO3/c1-13-7-8-15(17(10-13)21-2)16(20)11-18-9-5-3-4-6-14(18)12-19/h7-8,10,14,19H,3-6,9,11-12H2,1-2H3. The zero-order valence-corrected chi connectivity index (χ0v) is 13.0. The topological polar surface area (TPSA) is 49.8 Å². The molecule has 1 aliphatic rings. The van der Waals surface area contributed by atoms with E-state index >= 15 is 0 Å². The van der Waals surface area contributed by atoms with Gasteiger partial charge in [-0.2, -0.15) is 0 Å². The third kappa shape index (κ3) is 4.05. The average Bonchev–Trinajstić information content (AvgIpc) is 2.71. The smallest absolute Gasteiger partial charge is 0.180 e. The van der Waals surface area contributed by atoms with E-state index in [1.807, 2.05) is 25.1 Å². The molecule has 1 N–H and O–H groups in total. The molecule has 116 valence electrons. The van der Waals surface area contributed by atoms with Crippen molar-refractivity contribution in [3.05, 3.63) is 29.3 Å². The molecule has 0 aromatic heterocycles. The van der Waals surface area contributed by atoms with Crippen molar-refractivity contribution in [2.45, 2.75) is 38.6 Å². The molecule has 1 heterocycles. The largest absolute Gasteiger partial charge is 0.496 e. The molecule has 1 aliphatic heterocycles. The third-order valence-electron chi connectivity index (χ3n) is 4.21. The molecule has 0 radical (unpaired) electrons. The second kappa shape index (κ2) is 7.57. The molecule has 1 aromatic rings. The van der Waals surface area contributed by atoms with Crippen LogP contribution in [0.3, 0.4) is 0 Å². The second-order valence-corrected chi connectivity index (χ2v) is 5.78. The highest BCUT2D eigenvalue weighted by Gasteiger charge is 2.24. The van der Waals surface area contributed by atoms with Gasteiger partial charge in [-0.1, -0.05) is 18.9 Å². The number of hydrogen-bond acceptors (Lipinski definition) is 4. The Kier molecular flexibility index (Phi) is 5.76. The lowest BCUT2D eigenvalue weighted by molar-refractivity contribution is 0.0823. The van der Waals surface area contributed by atoms with E-state index in [4.69, 9.17) is 4.74 Å². The first kappa shape index (κ1) is 16.0. The number of rotatable bonds is 5. The Hall–Kier alpha value is -1.39. The van der Waals surface area contributed by atoms with Crippen LogP contribution in [0.5, 0.6) is 5.75 Å². The average molecular weight is 291 g/mol. The van der Waals surface area contributed by atoms with Crippen molar-refractivity contribution in [2.75, 3.05) is 26.8 Å². The van der Waals surface area contributed by atoms with Gasteiger partial charge in [-0.3, -0.25) is 9.69 Å². The monoisotopic (exact) mass is 291 g/mol. The highest BCUT2D eigenvalue weighted by molar-refractivity contribution is 6.00. The number of likely N-dealkylation sites (tertiary alicyclic amines) is 1. The Bertz CT molecular complexity index is 487. The number of benzene rings is 1. The van der Waals surface area contributed by atoms with E-state index in [-0.39, 0.29) is 18.4 Å². The fourth-order valence-electron chi connectivity index (χ4n) is 2.95. The molecule has 2 rings (SSSR count).